The smallest absolute Gasteiger partial charge is 0.317 e. The number of hydrogen-bond acceptors (Lipinski definition) is 4. The number of ether oxygens (including phenoxy) is 1. The molecular formula is C23H31N3O2S. The molecule has 2 aromatic rings. The highest BCUT2D eigenvalue weighted by Crippen LogP contribution is 2.33. The third kappa shape index (κ3) is 5.73. The lowest BCUT2D eigenvalue weighted by Gasteiger charge is -2.27. The fraction of sp³-hybridized carbons (Fsp3) is 0.522. The number of fused-ring (bicyclic) bond motifs is 1. The molecule has 2 aliphatic rings. The van der Waals surface area contributed by atoms with Crippen molar-refractivity contribution in [3.05, 3.63) is 52.4 Å². The minimum atomic E-state index is 0.00898. The number of thiophene rings is 1. The van der Waals surface area contributed by atoms with Gasteiger partial charge in [0.25, 0.3) is 0 Å². The molecule has 1 fully saturated rings. The molecule has 4 rings (SSSR count). The maximum absolute atomic E-state index is 12.5. The zero-order chi connectivity index (χ0) is 19.9. The highest BCUT2D eigenvalue weighted by atomic mass is 32.1. The number of hydrogen-bond donors (Lipinski definition) is 1. The topological polar surface area (TPSA) is 44.8 Å². The van der Waals surface area contributed by atoms with Gasteiger partial charge < -0.3 is 19.9 Å². The molecule has 2 amide bonds. The fourth-order valence-electron chi connectivity index (χ4n) is 4.08. The van der Waals surface area contributed by atoms with Crippen LogP contribution in [0.4, 0.5) is 4.79 Å². The normalized spacial score (nSPS) is 17.0. The van der Waals surface area contributed by atoms with Gasteiger partial charge in [-0.05, 0) is 56.0 Å². The first-order chi connectivity index (χ1) is 14.3. The summed E-state index contributed by atoms with van der Waals surface area (Å²) in [5.41, 5.74) is 2.36. The van der Waals surface area contributed by atoms with Crippen LogP contribution in [0.25, 0.3) is 0 Å². The van der Waals surface area contributed by atoms with Crippen LogP contribution < -0.4 is 10.1 Å². The number of amides is 2. The molecule has 1 N–H and O–H groups in total. The third-order valence-electron chi connectivity index (χ3n) is 5.73. The number of nitrogens with zero attached hydrogens (tertiary/aromatic N) is 2. The van der Waals surface area contributed by atoms with Crippen molar-refractivity contribution in [2.75, 3.05) is 32.8 Å². The molecule has 0 atom stereocenters. The summed E-state index contributed by atoms with van der Waals surface area (Å²) in [5, 5.41) is 4.03. The molecule has 156 valence electrons. The van der Waals surface area contributed by atoms with E-state index in [1.165, 1.54) is 42.8 Å². The fourth-order valence-corrected chi connectivity index (χ4v) is 5.11. The molecule has 6 heteroatoms. The number of benzene rings is 1. The number of urea groups is 1. The summed E-state index contributed by atoms with van der Waals surface area (Å²) >= 11 is 1.75. The molecular weight excluding hydrogens is 382 g/mol. The second kappa shape index (κ2) is 10.1. The molecule has 0 spiro atoms. The van der Waals surface area contributed by atoms with Gasteiger partial charge in [0.2, 0.25) is 0 Å². The van der Waals surface area contributed by atoms with E-state index in [2.05, 4.69) is 16.3 Å². The van der Waals surface area contributed by atoms with Gasteiger partial charge in [0.1, 0.15) is 0 Å². The minimum Gasteiger partial charge on any atom is -0.484 e. The number of nitrogens with one attached hydrogen (secondary N) is 1. The second-order valence-electron chi connectivity index (χ2n) is 7.93. The van der Waals surface area contributed by atoms with Crippen LogP contribution in [-0.2, 0) is 19.5 Å². The Kier molecular flexibility index (Phi) is 7.06. The molecule has 0 radical (unpaired) electrons. The number of piperidine rings is 1. The predicted molar refractivity (Wildman–Crippen MR) is 118 cm³/mol. The molecule has 3 heterocycles. The molecule has 29 heavy (non-hydrogen) atoms. The Morgan fingerprint density at radius 1 is 1.10 bits per heavy atom. The summed E-state index contributed by atoms with van der Waals surface area (Å²) < 4.78 is 6.02. The van der Waals surface area contributed by atoms with Gasteiger partial charge in [0, 0.05) is 31.1 Å². The van der Waals surface area contributed by atoms with Crippen molar-refractivity contribution < 1.29 is 9.53 Å². The molecule has 2 aliphatic heterocycles. The third-order valence-corrected chi connectivity index (χ3v) is 6.88. The Labute approximate surface area is 177 Å². The van der Waals surface area contributed by atoms with E-state index < -0.39 is 0 Å². The van der Waals surface area contributed by atoms with E-state index in [-0.39, 0.29) is 6.03 Å². The molecule has 1 aromatic carbocycles. The molecule has 0 saturated carbocycles. The maximum Gasteiger partial charge on any atom is 0.317 e. The zero-order valence-corrected chi connectivity index (χ0v) is 17.9. The van der Waals surface area contributed by atoms with Crippen molar-refractivity contribution in [3.63, 3.8) is 0 Å². The summed E-state index contributed by atoms with van der Waals surface area (Å²) in [7, 11) is 0. The van der Waals surface area contributed by atoms with Crippen LogP contribution in [0.15, 0.2) is 36.4 Å². The maximum atomic E-state index is 12.5. The number of rotatable bonds is 7. The monoisotopic (exact) mass is 413 g/mol. The summed E-state index contributed by atoms with van der Waals surface area (Å²) in [5.74, 6) is 0. The van der Waals surface area contributed by atoms with Crippen LogP contribution in [0.2, 0.25) is 0 Å². The van der Waals surface area contributed by atoms with Crippen LogP contribution in [0.1, 0.15) is 41.7 Å². The Morgan fingerprint density at radius 2 is 1.93 bits per heavy atom. The zero-order valence-electron chi connectivity index (χ0n) is 17.1. The first kappa shape index (κ1) is 20.2. The first-order valence-electron chi connectivity index (χ1n) is 10.8. The van der Waals surface area contributed by atoms with Gasteiger partial charge in [-0.3, -0.25) is 0 Å². The van der Waals surface area contributed by atoms with E-state index in [4.69, 9.17) is 4.74 Å². The van der Waals surface area contributed by atoms with Gasteiger partial charge in [-0.25, -0.2) is 4.79 Å². The lowest BCUT2D eigenvalue weighted by Crippen LogP contribution is -2.42. The highest BCUT2D eigenvalue weighted by Gasteiger charge is 2.23. The van der Waals surface area contributed by atoms with Crippen molar-refractivity contribution in [3.8, 4) is 5.06 Å². The number of carbonyl (C=O) groups is 1. The van der Waals surface area contributed by atoms with Crippen molar-refractivity contribution in [1.82, 2.24) is 15.1 Å². The van der Waals surface area contributed by atoms with Gasteiger partial charge in [0.05, 0.1) is 6.61 Å². The Morgan fingerprint density at radius 3 is 2.76 bits per heavy atom. The van der Waals surface area contributed by atoms with Gasteiger partial charge in [-0.15, -0.1) is 11.3 Å². The van der Waals surface area contributed by atoms with E-state index in [0.717, 1.165) is 43.2 Å². The van der Waals surface area contributed by atoms with E-state index in [1.54, 1.807) is 11.3 Å². The summed E-state index contributed by atoms with van der Waals surface area (Å²) in [6.07, 6.45) is 6.06. The van der Waals surface area contributed by atoms with Crippen LogP contribution in [-0.4, -0.2) is 48.6 Å². The number of likely N-dealkylation sites (tertiary alicyclic amines) is 1. The van der Waals surface area contributed by atoms with Gasteiger partial charge in [0.15, 0.2) is 5.06 Å². The molecule has 1 aromatic heterocycles. The lowest BCUT2D eigenvalue weighted by molar-refractivity contribution is 0.192. The standard InChI is InChI=1S/C23H31N3O2S/c27-23(24-17-19-8-3-1-4-9-19)26-14-10-21-20(18-26)16-22(29-21)28-15-7-13-25-11-5-2-6-12-25/h1,3-4,8-9,16H,2,5-7,10-15,17-18H2,(H,24,27). The van der Waals surface area contributed by atoms with Gasteiger partial charge in [-0.2, -0.15) is 0 Å². The Hall–Kier alpha value is -2.05. The lowest BCUT2D eigenvalue weighted by atomic mass is 10.1. The summed E-state index contributed by atoms with van der Waals surface area (Å²) in [6, 6.07) is 12.2. The Bertz CT molecular complexity index is 787. The average molecular weight is 414 g/mol. The molecule has 5 nitrogen and oxygen atoms in total. The van der Waals surface area contributed by atoms with Crippen molar-refractivity contribution in [2.24, 2.45) is 0 Å². The SMILES string of the molecule is O=C(NCc1ccccc1)N1CCc2sc(OCCCN3CCCCC3)cc2C1. The predicted octanol–water partition coefficient (Wildman–Crippen LogP) is 4.27. The average Bonchev–Trinajstić information content (AvgIpc) is 3.18. The van der Waals surface area contributed by atoms with E-state index in [1.807, 2.05) is 35.2 Å². The van der Waals surface area contributed by atoms with E-state index >= 15 is 0 Å². The molecule has 0 bridgehead atoms. The van der Waals surface area contributed by atoms with Crippen LogP contribution >= 0.6 is 11.3 Å². The Balaban J connectivity index is 1.21. The van der Waals surface area contributed by atoms with Crippen LogP contribution in [0.5, 0.6) is 5.06 Å². The first-order valence-corrected chi connectivity index (χ1v) is 11.6. The van der Waals surface area contributed by atoms with Crippen molar-refractivity contribution in [2.45, 2.75) is 45.2 Å². The minimum absolute atomic E-state index is 0.00898. The van der Waals surface area contributed by atoms with E-state index in [9.17, 15) is 4.79 Å². The molecule has 1 saturated heterocycles. The van der Waals surface area contributed by atoms with Crippen LogP contribution in [0.3, 0.4) is 0 Å². The number of carbonyl (C=O) groups excluding carboxylic acids is 1. The van der Waals surface area contributed by atoms with E-state index in [0.29, 0.717) is 13.1 Å². The highest BCUT2D eigenvalue weighted by molar-refractivity contribution is 7.14. The van der Waals surface area contributed by atoms with Crippen LogP contribution in [0, 0.1) is 0 Å². The molecule has 0 unspecified atom stereocenters. The quantitative estimate of drug-likeness (QED) is 0.690. The molecule has 0 aliphatic carbocycles. The largest absolute Gasteiger partial charge is 0.484 e. The summed E-state index contributed by atoms with van der Waals surface area (Å²) in [4.78, 5) is 18.4. The summed E-state index contributed by atoms with van der Waals surface area (Å²) in [6.45, 7) is 6.41. The van der Waals surface area contributed by atoms with Gasteiger partial charge in [-0.1, -0.05) is 36.8 Å². The van der Waals surface area contributed by atoms with Crippen molar-refractivity contribution in [1.29, 1.82) is 0 Å². The second-order valence-corrected chi connectivity index (χ2v) is 9.03. The van der Waals surface area contributed by atoms with Gasteiger partial charge >= 0.3 is 6.03 Å². The van der Waals surface area contributed by atoms with Crippen molar-refractivity contribution >= 4 is 17.4 Å².